The molecule has 24 heavy (non-hydrogen) atoms. The molecule has 1 saturated heterocycles. The van der Waals surface area contributed by atoms with E-state index in [0.29, 0.717) is 11.3 Å². The van der Waals surface area contributed by atoms with Crippen LogP contribution in [0.5, 0.6) is 0 Å². The molecular formula is C18H22N2O3S. The molecule has 1 aliphatic heterocycles. The van der Waals surface area contributed by atoms with Crippen LogP contribution in [0.1, 0.15) is 35.5 Å². The Hall–Kier alpha value is -1.95. The van der Waals surface area contributed by atoms with Crippen LogP contribution in [0.4, 0.5) is 0 Å². The molecule has 1 fully saturated rings. The maximum atomic E-state index is 13.0. The average Bonchev–Trinajstić information content (AvgIpc) is 2.51. The maximum Gasteiger partial charge on any atom is 0.256 e. The van der Waals surface area contributed by atoms with Crippen LogP contribution in [0.2, 0.25) is 0 Å². The van der Waals surface area contributed by atoms with Crippen molar-refractivity contribution in [2.45, 2.75) is 39.0 Å². The zero-order valence-electron chi connectivity index (χ0n) is 14.4. The Bertz CT molecular complexity index is 921. The Morgan fingerprint density at radius 1 is 1.21 bits per heavy atom. The molecule has 1 aliphatic rings. The first-order valence-electron chi connectivity index (χ1n) is 8.11. The van der Waals surface area contributed by atoms with Gasteiger partial charge in [-0.2, -0.15) is 0 Å². The first-order valence-corrected chi connectivity index (χ1v) is 9.83. The fourth-order valence-electron chi connectivity index (χ4n) is 3.20. The molecule has 0 N–H and O–H groups in total. The maximum absolute atomic E-state index is 13.0. The minimum atomic E-state index is -3.12. The van der Waals surface area contributed by atoms with E-state index in [4.69, 9.17) is 0 Å². The van der Waals surface area contributed by atoms with Crippen LogP contribution in [0, 0.1) is 13.8 Å². The minimum Gasteiger partial charge on any atom is -0.334 e. The summed E-state index contributed by atoms with van der Waals surface area (Å²) in [5, 5.41) is 0.367. The van der Waals surface area contributed by atoms with Gasteiger partial charge in [0.2, 0.25) is 0 Å². The van der Waals surface area contributed by atoms with Crippen LogP contribution in [-0.4, -0.2) is 47.8 Å². The number of amides is 1. The number of aryl methyl sites for hydroxylation is 2. The molecular weight excluding hydrogens is 324 g/mol. The van der Waals surface area contributed by atoms with Crippen LogP contribution in [0.15, 0.2) is 24.3 Å². The molecule has 2 atom stereocenters. The number of hydrogen-bond acceptors (Lipinski definition) is 4. The van der Waals surface area contributed by atoms with E-state index >= 15 is 0 Å². The van der Waals surface area contributed by atoms with Gasteiger partial charge in [0.15, 0.2) is 9.84 Å². The van der Waals surface area contributed by atoms with Crippen LogP contribution in [0.3, 0.4) is 0 Å². The molecule has 6 heteroatoms. The second-order valence-corrected chi connectivity index (χ2v) is 9.11. The molecule has 1 aromatic heterocycles. The highest BCUT2D eigenvalue weighted by molar-refractivity contribution is 7.92. The minimum absolute atomic E-state index is 0.0174. The van der Waals surface area contributed by atoms with E-state index in [-0.39, 0.29) is 24.2 Å². The Morgan fingerprint density at radius 3 is 2.62 bits per heavy atom. The van der Waals surface area contributed by atoms with Crippen molar-refractivity contribution in [3.8, 4) is 0 Å². The average molecular weight is 346 g/mol. The number of nitrogens with zero attached hydrogens (tertiary/aromatic N) is 2. The molecule has 0 spiro atoms. The van der Waals surface area contributed by atoms with Gasteiger partial charge in [-0.15, -0.1) is 0 Å². The van der Waals surface area contributed by atoms with E-state index < -0.39 is 15.1 Å². The van der Waals surface area contributed by atoms with Gasteiger partial charge >= 0.3 is 0 Å². The molecule has 2 unspecified atom stereocenters. The number of rotatable bonds is 1. The molecule has 2 aromatic rings. The quantitative estimate of drug-likeness (QED) is 0.796. The van der Waals surface area contributed by atoms with E-state index in [9.17, 15) is 13.2 Å². The number of pyridine rings is 1. The van der Waals surface area contributed by atoms with E-state index in [1.807, 2.05) is 38.1 Å². The lowest BCUT2D eigenvalue weighted by Crippen LogP contribution is -2.54. The third-order valence-electron chi connectivity index (χ3n) is 5.01. The number of carbonyl (C=O) groups is 1. The summed E-state index contributed by atoms with van der Waals surface area (Å²) >= 11 is 0. The van der Waals surface area contributed by atoms with Crippen LogP contribution >= 0.6 is 0 Å². The summed E-state index contributed by atoms with van der Waals surface area (Å²) in [7, 11) is -3.12. The van der Waals surface area contributed by atoms with Crippen molar-refractivity contribution in [3.63, 3.8) is 0 Å². The fourth-order valence-corrected chi connectivity index (χ4v) is 4.77. The molecule has 2 heterocycles. The summed E-state index contributed by atoms with van der Waals surface area (Å²) in [5.74, 6) is -0.125. The lowest BCUT2D eigenvalue weighted by molar-refractivity contribution is 0.0692. The fraction of sp³-hybridized carbons (Fsp3) is 0.444. The van der Waals surface area contributed by atoms with E-state index in [1.165, 1.54) is 0 Å². The lowest BCUT2D eigenvalue weighted by atomic mass is 10.1. The molecule has 0 radical (unpaired) electrons. The van der Waals surface area contributed by atoms with Crippen molar-refractivity contribution >= 4 is 26.6 Å². The van der Waals surface area contributed by atoms with Crippen LogP contribution in [0.25, 0.3) is 10.9 Å². The number of hydrogen-bond donors (Lipinski definition) is 0. The van der Waals surface area contributed by atoms with Gasteiger partial charge in [-0.3, -0.25) is 9.78 Å². The van der Waals surface area contributed by atoms with Crippen molar-refractivity contribution < 1.29 is 13.2 Å². The second-order valence-electron chi connectivity index (χ2n) is 6.63. The number of benzene rings is 1. The van der Waals surface area contributed by atoms with Crippen molar-refractivity contribution in [3.05, 3.63) is 41.1 Å². The van der Waals surface area contributed by atoms with Gasteiger partial charge in [0.05, 0.1) is 27.8 Å². The van der Waals surface area contributed by atoms with Gasteiger partial charge in [0.25, 0.3) is 5.91 Å². The van der Waals surface area contributed by atoms with Gasteiger partial charge in [0, 0.05) is 18.0 Å². The third kappa shape index (κ3) is 2.79. The summed E-state index contributed by atoms with van der Waals surface area (Å²) in [5.41, 5.74) is 3.21. The standard InChI is InChI=1S/C18H22N2O3S/c1-11-5-6-15-10-16(12(2)19-17(15)9-11)18(21)20-7-8-24(22,23)14(4)13(20)3/h5-6,9-10,13-14H,7-8H2,1-4H3. The molecule has 0 bridgehead atoms. The topological polar surface area (TPSA) is 67.3 Å². The summed E-state index contributed by atoms with van der Waals surface area (Å²) in [6.45, 7) is 7.54. The first-order chi connectivity index (χ1) is 11.2. The molecule has 1 aromatic carbocycles. The third-order valence-corrected chi connectivity index (χ3v) is 7.29. The number of carbonyl (C=O) groups excluding carboxylic acids is 1. The summed E-state index contributed by atoms with van der Waals surface area (Å²) < 4.78 is 24.0. The predicted molar refractivity (Wildman–Crippen MR) is 95.0 cm³/mol. The SMILES string of the molecule is Cc1ccc2cc(C(=O)N3CCS(=O)(=O)C(C)C3C)c(C)nc2c1. The van der Waals surface area contributed by atoms with Crippen molar-refractivity contribution in [1.29, 1.82) is 0 Å². The zero-order valence-corrected chi connectivity index (χ0v) is 15.2. The normalized spacial score (nSPS) is 23.4. The predicted octanol–water partition coefficient (Wildman–Crippen LogP) is 2.50. The zero-order chi connectivity index (χ0) is 17.6. The van der Waals surface area contributed by atoms with Crippen LogP contribution in [-0.2, 0) is 9.84 Å². The largest absolute Gasteiger partial charge is 0.334 e. The number of fused-ring (bicyclic) bond motifs is 1. The van der Waals surface area contributed by atoms with Crippen molar-refractivity contribution in [1.82, 2.24) is 9.88 Å². The Kier molecular flexibility index (Phi) is 4.11. The highest BCUT2D eigenvalue weighted by atomic mass is 32.2. The van der Waals surface area contributed by atoms with E-state index in [0.717, 1.165) is 16.5 Å². The van der Waals surface area contributed by atoms with Gasteiger partial charge in [-0.05, 0) is 45.4 Å². The smallest absolute Gasteiger partial charge is 0.256 e. The highest BCUT2D eigenvalue weighted by Gasteiger charge is 2.38. The second kappa shape index (κ2) is 5.84. The summed E-state index contributed by atoms with van der Waals surface area (Å²) in [6.07, 6.45) is 0. The monoisotopic (exact) mass is 346 g/mol. The van der Waals surface area contributed by atoms with E-state index in [1.54, 1.807) is 18.7 Å². The molecule has 128 valence electrons. The van der Waals surface area contributed by atoms with Crippen molar-refractivity contribution in [2.24, 2.45) is 0 Å². The van der Waals surface area contributed by atoms with Gasteiger partial charge in [-0.25, -0.2) is 8.42 Å². The molecule has 3 rings (SSSR count). The van der Waals surface area contributed by atoms with Gasteiger partial charge in [0.1, 0.15) is 0 Å². The van der Waals surface area contributed by atoms with Gasteiger partial charge in [-0.1, -0.05) is 12.1 Å². The van der Waals surface area contributed by atoms with Crippen molar-refractivity contribution in [2.75, 3.05) is 12.3 Å². The molecule has 0 aliphatic carbocycles. The summed E-state index contributed by atoms with van der Waals surface area (Å²) in [4.78, 5) is 19.2. The van der Waals surface area contributed by atoms with Crippen LogP contribution < -0.4 is 0 Å². The van der Waals surface area contributed by atoms with Gasteiger partial charge < -0.3 is 4.90 Å². The Balaban J connectivity index is 2.00. The lowest BCUT2D eigenvalue weighted by Gasteiger charge is -2.37. The molecule has 0 saturated carbocycles. The number of aromatic nitrogens is 1. The Labute approximate surface area is 142 Å². The number of sulfone groups is 1. The van der Waals surface area contributed by atoms with E-state index in [2.05, 4.69) is 4.98 Å². The molecule has 5 nitrogen and oxygen atoms in total. The highest BCUT2D eigenvalue weighted by Crippen LogP contribution is 2.24. The Morgan fingerprint density at radius 2 is 1.92 bits per heavy atom. The molecule has 1 amide bonds. The first kappa shape index (κ1) is 16.9. The summed E-state index contributed by atoms with van der Waals surface area (Å²) in [6, 6.07) is 7.46.